The highest BCUT2D eigenvalue weighted by Gasteiger charge is 2.23. The van der Waals surface area contributed by atoms with Gasteiger partial charge in [-0.15, -0.1) is 0 Å². The number of aliphatic hydroxyl groups is 1. The molecule has 1 fully saturated rings. The molecule has 0 aliphatic heterocycles. The van der Waals surface area contributed by atoms with Gasteiger partial charge in [0, 0.05) is 37.8 Å². The molecule has 16 heavy (non-hydrogen) atoms. The Labute approximate surface area is 96.1 Å². The molecule has 88 valence electrons. The van der Waals surface area contributed by atoms with Crippen LogP contribution in [0.5, 0.6) is 0 Å². The van der Waals surface area contributed by atoms with Gasteiger partial charge in [-0.2, -0.15) is 0 Å². The van der Waals surface area contributed by atoms with Gasteiger partial charge in [0.05, 0.1) is 5.69 Å². The highest BCUT2D eigenvalue weighted by atomic mass is 16.3. The molecule has 2 unspecified atom stereocenters. The first-order valence-corrected chi connectivity index (χ1v) is 5.99. The Morgan fingerprint density at radius 1 is 1.31 bits per heavy atom. The second-order valence-electron chi connectivity index (χ2n) is 4.41. The normalized spacial score (nSPS) is 25.6. The summed E-state index contributed by atoms with van der Waals surface area (Å²) in [5.74, 6) is 0.408. The summed E-state index contributed by atoms with van der Waals surface area (Å²) in [6.45, 7) is 1.03. The van der Waals surface area contributed by atoms with Crippen molar-refractivity contribution in [3.8, 4) is 0 Å². The molecule has 0 saturated heterocycles. The van der Waals surface area contributed by atoms with Gasteiger partial charge < -0.3 is 10.4 Å². The summed E-state index contributed by atoms with van der Waals surface area (Å²) in [7, 11) is 0. The van der Waals surface area contributed by atoms with Crippen LogP contribution in [0.4, 0.5) is 0 Å². The lowest BCUT2D eigenvalue weighted by molar-refractivity contribution is 0.152. The second-order valence-corrected chi connectivity index (χ2v) is 4.41. The molecule has 0 amide bonds. The van der Waals surface area contributed by atoms with Gasteiger partial charge in [-0.3, -0.25) is 9.97 Å². The van der Waals surface area contributed by atoms with Crippen molar-refractivity contribution in [2.75, 3.05) is 6.61 Å². The highest BCUT2D eigenvalue weighted by Crippen LogP contribution is 2.24. The summed E-state index contributed by atoms with van der Waals surface area (Å²) in [4.78, 5) is 8.26. The molecule has 1 aromatic heterocycles. The maximum absolute atomic E-state index is 9.29. The fourth-order valence-electron chi connectivity index (χ4n) is 2.35. The van der Waals surface area contributed by atoms with E-state index in [1.807, 2.05) is 0 Å². The van der Waals surface area contributed by atoms with E-state index in [-0.39, 0.29) is 6.61 Å². The molecular formula is C12H19N3O. The Balaban J connectivity index is 1.84. The molecule has 1 heterocycles. The molecule has 1 aliphatic carbocycles. The minimum absolute atomic E-state index is 0.290. The maximum atomic E-state index is 9.29. The summed E-state index contributed by atoms with van der Waals surface area (Å²) in [5, 5.41) is 12.8. The summed E-state index contributed by atoms with van der Waals surface area (Å²) < 4.78 is 0. The van der Waals surface area contributed by atoms with E-state index in [2.05, 4.69) is 15.3 Å². The Hall–Kier alpha value is -1.00. The molecule has 0 aromatic carbocycles. The molecular weight excluding hydrogens is 202 g/mol. The average molecular weight is 221 g/mol. The SMILES string of the molecule is OCC1CCCCC1NCc1cnccn1. The average Bonchev–Trinajstić information content (AvgIpc) is 2.38. The third kappa shape index (κ3) is 3.00. The van der Waals surface area contributed by atoms with Crippen molar-refractivity contribution in [1.82, 2.24) is 15.3 Å². The summed E-state index contributed by atoms with van der Waals surface area (Å²) in [6.07, 6.45) is 9.97. The van der Waals surface area contributed by atoms with Crippen LogP contribution in [0, 0.1) is 5.92 Å². The minimum atomic E-state index is 0.290. The van der Waals surface area contributed by atoms with Gasteiger partial charge in [-0.05, 0) is 18.8 Å². The fraction of sp³-hybridized carbons (Fsp3) is 0.667. The van der Waals surface area contributed by atoms with Gasteiger partial charge in [0.15, 0.2) is 0 Å². The number of aliphatic hydroxyl groups excluding tert-OH is 1. The van der Waals surface area contributed by atoms with Gasteiger partial charge in [0.1, 0.15) is 0 Å². The van der Waals surface area contributed by atoms with E-state index in [9.17, 15) is 5.11 Å². The monoisotopic (exact) mass is 221 g/mol. The molecule has 2 atom stereocenters. The second kappa shape index (κ2) is 5.92. The summed E-state index contributed by atoms with van der Waals surface area (Å²) in [6, 6.07) is 0.431. The van der Waals surface area contributed by atoms with Crippen LogP contribution in [-0.2, 0) is 6.54 Å². The lowest BCUT2D eigenvalue weighted by atomic mass is 9.85. The number of nitrogens with one attached hydrogen (secondary N) is 1. The molecule has 1 aliphatic rings. The zero-order chi connectivity index (χ0) is 11.2. The van der Waals surface area contributed by atoms with E-state index in [4.69, 9.17) is 0 Å². The Kier molecular flexibility index (Phi) is 4.25. The largest absolute Gasteiger partial charge is 0.396 e. The number of aromatic nitrogens is 2. The van der Waals surface area contributed by atoms with Crippen LogP contribution in [0.1, 0.15) is 31.4 Å². The predicted octanol–water partition coefficient (Wildman–Crippen LogP) is 1.12. The van der Waals surface area contributed by atoms with Crippen molar-refractivity contribution < 1.29 is 5.11 Å². The van der Waals surface area contributed by atoms with Gasteiger partial charge in [-0.25, -0.2) is 0 Å². The predicted molar refractivity (Wildman–Crippen MR) is 61.7 cm³/mol. The molecule has 2 rings (SSSR count). The van der Waals surface area contributed by atoms with Gasteiger partial charge in [-0.1, -0.05) is 12.8 Å². The fourth-order valence-corrected chi connectivity index (χ4v) is 2.35. The molecule has 4 heteroatoms. The van der Waals surface area contributed by atoms with Crippen molar-refractivity contribution in [2.45, 2.75) is 38.3 Å². The highest BCUT2D eigenvalue weighted by molar-refractivity contribution is 4.95. The number of hydrogen-bond acceptors (Lipinski definition) is 4. The quantitative estimate of drug-likeness (QED) is 0.800. The molecule has 0 bridgehead atoms. The first-order chi connectivity index (χ1) is 7.90. The van der Waals surface area contributed by atoms with Crippen LogP contribution in [0.3, 0.4) is 0 Å². The van der Waals surface area contributed by atoms with E-state index in [1.165, 1.54) is 12.8 Å². The summed E-state index contributed by atoms with van der Waals surface area (Å²) in [5.41, 5.74) is 0.963. The van der Waals surface area contributed by atoms with E-state index >= 15 is 0 Å². The lowest BCUT2D eigenvalue weighted by Gasteiger charge is -2.30. The van der Waals surface area contributed by atoms with Crippen LogP contribution in [0.2, 0.25) is 0 Å². The lowest BCUT2D eigenvalue weighted by Crippen LogP contribution is -2.39. The third-order valence-electron chi connectivity index (χ3n) is 3.31. The molecule has 2 N–H and O–H groups in total. The van der Waals surface area contributed by atoms with E-state index in [0.29, 0.717) is 12.0 Å². The number of rotatable bonds is 4. The van der Waals surface area contributed by atoms with Gasteiger partial charge in [0.2, 0.25) is 0 Å². The maximum Gasteiger partial charge on any atom is 0.0724 e. The third-order valence-corrected chi connectivity index (χ3v) is 3.31. The first-order valence-electron chi connectivity index (χ1n) is 5.99. The summed E-state index contributed by atoms with van der Waals surface area (Å²) >= 11 is 0. The van der Waals surface area contributed by atoms with Gasteiger partial charge >= 0.3 is 0 Å². The molecule has 1 aromatic rings. The van der Waals surface area contributed by atoms with Crippen molar-refractivity contribution >= 4 is 0 Å². The van der Waals surface area contributed by atoms with E-state index in [0.717, 1.165) is 25.1 Å². The molecule has 1 saturated carbocycles. The molecule has 0 spiro atoms. The topological polar surface area (TPSA) is 58.0 Å². The van der Waals surface area contributed by atoms with Crippen LogP contribution in [0.15, 0.2) is 18.6 Å². The van der Waals surface area contributed by atoms with Crippen molar-refractivity contribution in [1.29, 1.82) is 0 Å². The minimum Gasteiger partial charge on any atom is -0.396 e. The van der Waals surface area contributed by atoms with Crippen LogP contribution < -0.4 is 5.32 Å². The van der Waals surface area contributed by atoms with Crippen LogP contribution >= 0.6 is 0 Å². The Morgan fingerprint density at radius 3 is 2.94 bits per heavy atom. The standard InChI is InChI=1S/C12H19N3O/c16-9-10-3-1-2-4-12(10)15-8-11-7-13-5-6-14-11/h5-7,10,12,15-16H,1-4,8-9H2. The van der Waals surface area contributed by atoms with Gasteiger partial charge in [0.25, 0.3) is 0 Å². The number of hydrogen-bond donors (Lipinski definition) is 2. The zero-order valence-electron chi connectivity index (χ0n) is 9.47. The zero-order valence-corrected chi connectivity index (χ0v) is 9.47. The Bertz CT molecular complexity index is 304. The van der Waals surface area contributed by atoms with E-state index in [1.54, 1.807) is 18.6 Å². The van der Waals surface area contributed by atoms with Crippen LogP contribution in [0.25, 0.3) is 0 Å². The van der Waals surface area contributed by atoms with Crippen molar-refractivity contribution in [3.05, 3.63) is 24.3 Å². The van der Waals surface area contributed by atoms with Crippen LogP contribution in [-0.4, -0.2) is 27.7 Å². The van der Waals surface area contributed by atoms with E-state index < -0.39 is 0 Å². The molecule has 4 nitrogen and oxygen atoms in total. The first kappa shape index (κ1) is 11.5. The van der Waals surface area contributed by atoms with Crippen molar-refractivity contribution in [2.24, 2.45) is 5.92 Å². The van der Waals surface area contributed by atoms with Crippen molar-refractivity contribution in [3.63, 3.8) is 0 Å². The Morgan fingerprint density at radius 2 is 2.19 bits per heavy atom. The smallest absolute Gasteiger partial charge is 0.0724 e. The molecule has 0 radical (unpaired) electrons. The number of nitrogens with zero attached hydrogens (tertiary/aromatic N) is 2.